The van der Waals surface area contributed by atoms with Crippen LogP contribution in [0, 0.1) is 0 Å². The minimum atomic E-state index is -0.198. The van der Waals surface area contributed by atoms with Gasteiger partial charge in [0.15, 0.2) is 0 Å². The zero-order valence-electron chi connectivity index (χ0n) is 12.4. The van der Waals surface area contributed by atoms with Gasteiger partial charge in [-0.3, -0.25) is 4.79 Å². The van der Waals surface area contributed by atoms with Gasteiger partial charge in [-0.25, -0.2) is 0 Å². The quantitative estimate of drug-likeness (QED) is 0.830. The van der Waals surface area contributed by atoms with Gasteiger partial charge in [-0.1, -0.05) is 11.6 Å². The number of nitrogens with zero attached hydrogens (tertiary/aromatic N) is 1. The molecule has 0 unspecified atom stereocenters. The number of hydrogen-bond donors (Lipinski definition) is 1. The van der Waals surface area contributed by atoms with Crippen molar-refractivity contribution in [1.82, 2.24) is 10.2 Å². The summed E-state index contributed by atoms with van der Waals surface area (Å²) in [5.74, 6) is 0.701. The van der Waals surface area contributed by atoms with Crippen LogP contribution in [0.15, 0.2) is 24.3 Å². The highest BCUT2D eigenvalue weighted by Crippen LogP contribution is 2.16. The normalized spacial score (nSPS) is 16.1. The molecule has 1 aromatic rings. The maximum absolute atomic E-state index is 11.9. The average molecular weight is 313 g/mol. The molecule has 1 fully saturated rings. The number of benzene rings is 1. The molecule has 0 saturated carbocycles. The molecule has 0 spiro atoms. The number of amides is 1. The van der Waals surface area contributed by atoms with Gasteiger partial charge in [-0.2, -0.15) is 0 Å². The van der Waals surface area contributed by atoms with E-state index in [-0.39, 0.29) is 18.1 Å². The summed E-state index contributed by atoms with van der Waals surface area (Å²) < 4.78 is 11.2. The molecule has 2 rings (SSSR count). The topological polar surface area (TPSA) is 50.8 Å². The number of ether oxygens (including phenoxy) is 2. The first-order valence-electron chi connectivity index (χ1n) is 6.95. The zero-order chi connectivity index (χ0) is 15.3. The van der Waals surface area contributed by atoms with E-state index in [2.05, 4.69) is 5.32 Å². The molecular weight excluding hydrogens is 292 g/mol. The molecule has 21 heavy (non-hydrogen) atoms. The van der Waals surface area contributed by atoms with Gasteiger partial charge >= 0.3 is 0 Å². The second kappa shape index (κ2) is 7.11. The molecule has 1 N–H and O–H groups in total. The number of carbonyl (C=O) groups is 1. The summed E-state index contributed by atoms with van der Waals surface area (Å²) in [6, 6.07) is 7.15. The third-order valence-electron chi connectivity index (χ3n) is 3.48. The molecule has 6 heteroatoms. The standard InChI is InChI=1S/C15H21ClN2O3/c1-15(10-17-11-15)21-9-14(19)18(2)7-8-20-13-5-3-12(16)4-6-13/h3-6,17H,7-11H2,1-2H3. The Bertz CT molecular complexity index is 474. The van der Waals surface area contributed by atoms with E-state index < -0.39 is 0 Å². The first kappa shape index (κ1) is 16.1. The molecule has 1 aliphatic rings. The van der Waals surface area contributed by atoms with Crippen molar-refractivity contribution in [2.24, 2.45) is 0 Å². The van der Waals surface area contributed by atoms with Gasteiger partial charge in [-0.05, 0) is 31.2 Å². The minimum Gasteiger partial charge on any atom is -0.492 e. The first-order valence-corrected chi connectivity index (χ1v) is 7.33. The average Bonchev–Trinajstić information content (AvgIpc) is 2.44. The zero-order valence-corrected chi connectivity index (χ0v) is 13.2. The molecule has 0 atom stereocenters. The lowest BCUT2D eigenvalue weighted by Gasteiger charge is -2.39. The van der Waals surface area contributed by atoms with E-state index in [1.165, 1.54) is 0 Å². The SMILES string of the molecule is CN(CCOc1ccc(Cl)cc1)C(=O)COC1(C)CNC1. The summed E-state index contributed by atoms with van der Waals surface area (Å²) in [5, 5.41) is 3.80. The van der Waals surface area contributed by atoms with Gasteiger partial charge in [0, 0.05) is 25.2 Å². The lowest BCUT2D eigenvalue weighted by Crippen LogP contribution is -2.59. The van der Waals surface area contributed by atoms with Crippen molar-refractivity contribution in [3.63, 3.8) is 0 Å². The van der Waals surface area contributed by atoms with E-state index >= 15 is 0 Å². The molecule has 1 heterocycles. The Kier molecular flexibility index (Phi) is 5.45. The highest BCUT2D eigenvalue weighted by atomic mass is 35.5. The molecule has 1 amide bonds. The van der Waals surface area contributed by atoms with E-state index in [1.807, 2.05) is 6.92 Å². The lowest BCUT2D eigenvalue weighted by molar-refractivity contribution is -0.145. The van der Waals surface area contributed by atoms with Crippen LogP contribution in [0.3, 0.4) is 0 Å². The highest BCUT2D eigenvalue weighted by molar-refractivity contribution is 6.30. The molecule has 0 radical (unpaired) electrons. The van der Waals surface area contributed by atoms with Gasteiger partial charge in [0.05, 0.1) is 12.1 Å². The van der Waals surface area contributed by atoms with E-state index in [1.54, 1.807) is 36.2 Å². The maximum Gasteiger partial charge on any atom is 0.248 e. The van der Waals surface area contributed by atoms with Crippen molar-refractivity contribution in [1.29, 1.82) is 0 Å². The van der Waals surface area contributed by atoms with Gasteiger partial charge in [-0.15, -0.1) is 0 Å². The van der Waals surface area contributed by atoms with Crippen molar-refractivity contribution < 1.29 is 14.3 Å². The van der Waals surface area contributed by atoms with Crippen LogP contribution in [0.1, 0.15) is 6.92 Å². The minimum absolute atomic E-state index is 0.0390. The molecule has 0 aliphatic carbocycles. The summed E-state index contributed by atoms with van der Waals surface area (Å²) in [5.41, 5.74) is -0.198. The van der Waals surface area contributed by atoms with Crippen molar-refractivity contribution >= 4 is 17.5 Å². The van der Waals surface area contributed by atoms with Gasteiger partial charge < -0.3 is 19.7 Å². The fourth-order valence-electron chi connectivity index (χ4n) is 1.88. The van der Waals surface area contributed by atoms with Crippen molar-refractivity contribution in [3.05, 3.63) is 29.3 Å². The predicted molar refractivity (Wildman–Crippen MR) is 81.8 cm³/mol. The van der Waals surface area contributed by atoms with Gasteiger partial charge in [0.25, 0.3) is 0 Å². The maximum atomic E-state index is 11.9. The number of hydrogen-bond acceptors (Lipinski definition) is 4. The summed E-state index contributed by atoms with van der Waals surface area (Å²) in [6.07, 6.45) is 0. The van der Waals surface area contributed by atoms with Crippen LogP contribution >= 0.6 is 11.6 Å². The largest absolute Gasteiger partial charge is 0.492 e. The van der Waals surface area contributed by atoms with Crippen molar-refractivity contribution in [2.75, 3.05) is 39.9 Å². The van der Waals surface area contributed by atoms with Crippen molar-refractivity contribution in [2.45, 2.75) is 12.5 Å². The van der Waals surface area contributed by atoms with Crippen LogP contribution in [0.4, 0.5) is 0 Å². The summed E-state index contributed by atoms with van der Waals surface area (Å²) in [4.78, 5) is 13.5. The van der Waals surface area contributed by atoms with E-state index in [9.17, 15) is 4.79 Å². The summed E-state index contributed by atoms with van der Waals surface area (Å²) in [7, 11) is 1.75. The third-order valence-corrected chi connectivity index (χ3v) is 3.73. The second-order valence-corrected chi connectivity index (χ2v) is 5.90. The Labute approximate surface area is 130 Å². The molecule has 0 bridgehead atoms. The highest BCUT2D eigenvalue weighted by Gasteiger charge is 2.33. The van der Waals surface area contributed by atoms with Gasteiger partial charge in [0.2, 0.25) is 5.91 Å². The monoisotopic (exact) mass is 312 g/mol. The first-order chi connectivity index (χ1) is 9.98. The molecule has 116 valence electrons. The molecule has 1 saturated heterocycles. The Morgan fingerprint density at radius 1 is 1.38 bits per heavy atom. The number of likely N-dealkylation sites (N-methyl/N-ethyl adjacent to an activating group) is 1. The number of nitrogens with one attached hydrogen (secondary N) is 1. The van der Waals surface area contributed by atoms with Crippen LogP contribution in [0.2, 0.25) is 5.02 Å². The Hall–Kier alpha value is -1.30. The fourth-order valence-corrected chi connectivity index (χ4v) is 2.01. The summed E-state index contributed by atoms with van der Waals surface area (Å²) in [6.45, 7) is 4.64. The third kappa shape index (κ3) is 4.88. The molecule has 1 aromatic carbocycles. The van der Waals surface area contributed by atoms with E-state index in [0.717, 1.165) is 18.8 Å². The molecular formula is C15H21ClN2O3. The Morgan fingerprint density at radius 2 is 2.05 bits per heavy atom. The van der Waals surface area contributed by atoms with Crippen LogP contribution in [0.25, 0.3) is 0 Å². The van der Waals surface area contributed by atoms with Crippen LogP contribution in [-0.4, -0.2) is 56.3 Å². The second-order valence-electron chi connectivity index (χ2n) is 5.46. The van der Waals surface area contributed by atoms with Crippen molar-refractivity contribution in [3.8, 4) is 5.75 Å². The smallest absolute Gasteiger partial charge is 0.248 e. The number of rotatable bonds is 7. The van der Waals surface area contributed by atoms with Crippen LogP contribution in [-0.2, 0) is 9.53 Å². The summed E-state index contributed by atoms with van der Waals surface area (Å²) >= 11 is 5.80. The van der Waals surface area contributed by atoms with E-state index in [0.29, 0.717) is 18.2 Å². The fraction of sp³-hybridized carbons (Fsp3) is 0.533. The molecule has 1 aliphatic heterocycles. The molecule has 5 nitrogen and oxygen atoms in total. The Morgan fingerprint density at radius 3 is 2.62 bits per heavy atom. The molecule has 0 aromatic heterocycles. The Balaban J connectivity index is 1.65. The van der Waals surface area contributed by atoms with E-state index in [4.69, 9.17) is 21.1 Å². The van der Waals surface area contributed by atoms with Crippen LogP contribution < -0.4 is 10.1 Å². The number of halogens is 1. The lowest BCUT2D eigenvalue weighted by atomic mass is 10.0. The van der Waals surface area contributed by atoms with Crippen LogP contribution in [0.5, 0.6) is 5.75 Å². The predicted octanol–water partition coefficient (Wildman–Crippen LogP) is 1.56. The number of carbonyl (C=O) groups excluding carboxylic acids is 1. The van der Waals surface area contributed by atoms with Gasteiger partial charge in [0.1, 0.15) is 19.0 Å².